The summed E-state index contributed by atoms with van der Waals surface area (Å²) in [5.41, 5.74) is 0.949. The van der Waals surface area contributed by atoms with Gasteiger partial charge in [0.2, 0.25) is 0 Å². The van der Waals surface area contributed by atoms with Gasteiger partial charge >= 0.3 is 0 Å². The van der Waals surface area contributed by atoms with Crippen LogP contribution in [0.4, 0.5) is 13.9 Å². The van der Waals surface area contributed by atoms with Gasteiger partial charge in [0.15, 0.2) is 5.13 Å². The standard InChI is InChI=1S/C12H12F2N2S/c13-12(14)5-7-16(8-6-12)11-15-9-3-1-2-4-10(9)17-11/h1-4H,5-8H2. The van der Waals surface area contributed by atoms with Crippen LogP contribution >= 0.6 is 11.3 Å². The highest BCUT2D eigenvalue weighted by Crippen LogP contribution is 2.34. The summed E-state index contributed by atoms with van der Waals surface area (Å²) in [6.07, 6.45) is -0.133. The second-order valence-corrected chi connectivity index (χ2v) is 5.32. The van der Waals surface area contributed by atoms with E-state index >= 15 is 0 Å². The highest BCUT2D eigenvalue weighted by atomic mass is 32.1. The molecule has 0 atom stereocenters. The molecule has 0 saturated carbocycles. The molecule has 1 aliphatic heterocycles. The summed E-state index contributed by atoms with van der Waals surface area (Å²) < 4.78 is 27.2. The van der Waals surface area contributed by atoms with E-state index in [1.165, 1.54) is 0 Å². The zero-order chi connectivity index (χ0) is 11.9. The van der Waals surface area contributed by atoms with Crippen LogP contribution in [0.3, 0.4) is 0 Å². The molecule has 0 unspecified atom stereocenters. The van der Waals surface area contributed by atoms with Gasteiger partial charge in [0.05, 0.1) is 10.2 Å². The second-order valence-electron chi connectivity index (χ2n) is 4.31. The number of fused-ring (bicyclic) bond motifs is 1. The monoisotopic (exact) mass is 254 g/mol. The number of piperidine rings is 1. The number of nitrogens with zero attached hydrogens (tertiary/aromatic N) is 2. The van der Waals surface area contributed by atoms with E-state index in [4.69, 9.17) is 0 Å². The zero-order valence-electron chi connectivity index (χ0n) is 9.20. The average Bonchev–Trinajstić information content (AvgIpc) is 2.72. The molecule has 5 heteroatoms. The van der Waals surface area contributed by atoms with E-state index in [1.807, 2.05) is 29.2 Å². The Kier molecular flexibility index (Phi) is 2.50. The maximum absolute atomic E-state index is 13.1. The van der Waals surface area contributed by atoms with Crippen LogP contribution in [0.25, 0.3) is 10.2 Å². The molecule has 0 spiro atoms. The molecule has 2 heterocycles. The Balaban J connectivity index is 1.85. The number of benzene rings is 1. The maximum atomic E-state index is 13.1. The molecular weight excluding hydrogens is 242 g/mol. The van der Waals surface area contributed by atoms with Crippen molar-refractivity contribution < 1.29 is 8.78 Å². The molecule has 1 fully saturated rings. The van der Waals surface area contributed by atoms with Crippen molar-refractivity contribution in [2.24, 2.45) is 0 Å². The van der Waals surface area contributed by atoms with Gasteiger partial charge in [-0.2, -0.15) is 0 Å². The molecule has 17 heavy (non-hydrogen) atoms. The number of para-hydroxylation sites is 1. The quantitative estimate of drug-likeness (QED) is 0.774. The first-order valence-corrected chi connectivity index (χ1v) is 6.44. The van der Waals surface area contributed by atoms with Crippen molar-refractivity contribution in [2.75, 3.05) is 18.0 Å². The van der Waals surface area contributed by atoms with Crippen LogP contribution in [0.5, 0.6) is 0 Å². The van der Waals surface area contributed by atoms with Crippen LogP contribution in [0, 0.1) is 0 Å². The predicted octanol–water partition coefficient (Wildman–Crippen LogP) is 3.53. The fourth-order valence-electron chi connectivity index (χ4n) is 2.02. The number of thiazole rings is 1. The number of halogens is 2. The summed E-state index contributed by atoms with van der Waals surface area (Å²) in [5.74, 6) is -2.49. The van der Waals surface area contributed by atoms with Gasteiger partial charge in [-0.15, -0.1) is 0 Å². The molecule has 1 aromatic carbocycles. The van der Waals surface area contributed by atoms with Crippen molar-refractivity contribution >= 4 is 26.7 Å². The minimum Gasteiger partial charge on any atom is -0.348 e. The van der Waals surface area contributed by atoms with Gasteiger partial charge < -0.3 is 4.90 Å². The Morgan fingerprint density at radius 3 is 2.59 bits per heavy atom. The van der Waals surface area contributed by atoms with Crippen molar-refractivity contribution in [1.82, 2.24) is 4.98 Å². The first kappa shape index (κ1) is 10.9. The van der Waals surface area contributed by atoms with Gasteiger partial charge in [0.25, 0.3) is 5.92 Å². The minimum absolute atomic E-state index is 0.0665. The third kappa shape index (κ3) is 2.11. The third-order valence-corrected chi connectivity index (χ3v) is 4.15. The van der Waals surface area contributed by atoms with Gasteiger partial charge in [-0.25, -0.2) is 13.8 Å². The predicted molar refractivity (Wildman–Crippen MR) is 66.0 cm³/mol. The van der Waals surface area contributed by atoms with Crippen molar-refractivity contribution in [1.29, 1.82) is 0 Å². The number of alkyl halides is 2. The fourth-order valence-corrected chi connectivity index (χ4v) is 3.04. The smallest absolute Gasteiger partial charge is 0.251 e. The van der Waals surface area contributed by atoms with Crippen LogP contribution < -0.4 is 4.90 Å². The summed E-state index contributed by atoms with van der Waals surface area (Å²) in [6.45, 7) is 0.791. The highest BCUT2D eigenvalue weighted by Gasteiger charge is 2.34. The first-order valence-electron chi connectivity index (χ1n) is 5.62. The van der Waals surface area contributed by atoms with E-state index in [-0.39, 0.29) is 12.8 Å². The van der Waals surface area contributed by atoms with E-state index in [1.54, 1.807) is 11.3 Å². The molecule has 0 bridgehead atoms. The molecule has 2 nitrogen and oxygen atoms in total. The number of anilines is 1. The lowest BCUT2D eigenvalue weighted by atomic mass is 10.1. The van der Waals surface area contributed by atoms with Gasteiger partial charge in [-0.1, -0.05) is 23.5 Å². The largest absolute Gasteiger partial charge is 0.348 e. The van der Waals surface area contributed by atoms with Gasteiger partial charge in [0.1, 0.15) is 0 Å². The lowest BCUT2D eigenvalue weighted by Gasteiger charge is -2.31. The molecule has 90 valence electrons. The van der Waals surface area contributed by atoms with E-state index in [2.05, 4.69) is 4.98 Å². The minimum atomic E-state index is -2.49. The van der Waals surface area contributed by atoms with Crippen LogP contribution in [-0.4, -0.2) is 24.0 Å². The Labute approximate surface area is 102 Å². The summed E-state index contributed by atoms with van der Waals surface area (Å²) in [7, 11) is 0. The molecule has 1 aliphatic rings. The molecular formula is C12H12F2N2S. The van der Waals surface area contributed by atoms with Crippen molar-refractivity contribution in [3.05, 3.63) is 24.3 Å². The number of hydrogen-bond acceptors (Lipinski definition) is 3. The van der Waals surface area contributed by atoms with E-state index < -0.39 is 5.92 Å². The molecule has 1 saturated heterocycles. The molecule has 0 amide bonds. The van der Waals surface area contributed by atoms with E-state index in [0.717, 1.165) is 15.3 Å². The normalized spacial score (nSPS) is 19.8. The fraction of sp³-hybridized carbons (Fsp3) is 0.417. The molecule has 0 aliphatic carbocycles. The van der Waals surface area contributed by atoms with Gasteiger partial charge in [-0.05, 0) is 12.1 Å². The molecule has 0 N–H and O–H groups in total. The third-order valence-electron chi connectivity index (χ3n) is 3.05. The van der Waals surface area contributed by atoms with Crippen molar-refractivity contribution in [3.63, 3.8) is 0 Å². The van der Waals surface area contributed by atoms with Crippen LogP contribution in [0.2, 0.25) is 0 Å². The molecule has 2 aromatic rings. The highest BCUT2D eigenvalue weighted by molar-refractivity contribution is 7.22. The number of rotatable bonds is 1. The molecule has 1 aromatic heterocycles. The SMILES string of the molecule is FC1(F)CCN(c2nc3ccccc3s2)CC1. The average molecular weight is 254 g/mol. The Morgan fingerprint density at radius 1 is 1.18 bits per heavy atom. The Hall–Kier alpha value is -1.23. The van der Waals surface area contributed by atoms with Gasteiger partial charge in [0, 0.05) is 25.9 Å². The van der Waals surface area contributed by atoms with Crippen molar-refractivity contribution in [3.8, 4) is 0 Å². The Morgan fingerprint density at radius 2 is 1.88 bits per heavy atom. The molecule has 3 rings (SSSR count). The van der Waals surface area contributed by atoms with E-state index in [0.29, 0.717) is 13.1 Å². The van der Waals surface area contributed by atoms with Crippen LogP contribution in [0.15, 0.2) is 24.3 Å². The maximum Gasteiger partial charge on any atom is 0.251 e. The number of hydrogen-bond donors (Lipinski definition) is 0. The summed E-state index contributed by atoms with van der Waals surface area (Å²) in [5, 5.41) is 0.863. The first-order chi connectivity index (χ1) is 8.14. The van der Waals surface area contributed by atoms with Crippen LogP contribution in [-0.2, 0) is 0 Å². The summed E-state index contributed by atoms with van der Waals surface area (Å²) >= 11 is 1.57. The van der Waals surface area contributed by atoms with Gasteiger partial charge in [-0.3, -0.25) is 0 Å². The Bertz CT molecular complexity index is 495. The van der Waals surface area contributed by atoms with Crippen LogP contribution in [0.1, 0.15) is 12.8 Å². The van der Waals surface area contributed by atoms with E-state index in [9.17, 15) is 8.78 Å². The molecule has 0 radical (unpaired) electrons. The van der Waals surface area contributed by atoms with Crippen molar-refractivity contribution in [2.45, 2.75) is 18.8 Å². The summed E-state index contributed by atoms with van der Waals surface area (Å²) in [4.78, 5) is 6.44. The second kappa shape index (κ2) is 3.91. The summed E-state index contributed by atoms with van der Waals surface area (Å²) in [6, 6.07) is 7.87. The zero-order valence-corrected chi connectivity index (χ0v) is 10.0. The topological polar surface area (TPSA) is 16.1 Å². The number of aromatic nitrogens is 1. The lowest BCUT2D eigenvalue weighted by Crippen LogP contribution is -2.39. The lowest BCUT2D eigenvalue weighted by molar-refractivity contribution is -0.0220.